The van der Waals surface area contributed by atoms with Crippen LogP contribution in [0.1, 0.15) is 5.69 Å². The Bertz CT molecular complexity index is 1070. The van der Waals surface area contributed by atoms with Gasteiger partial charge in [0, 0.05) is 16.7 Å². The zero-order valence-electron chi connectivity index (χ0n) is 14.6. The average molecular weight is 536 g/mol. The highest BCUT2D eigenvalue weighted by atomic mass is 35.5. The summed E-state index contributed by atoms with van der Waals surface area (Å²) in [5.74, 6) is -0.0245. The second kappa shape index (κ2) is 8.81. The maximum atomic E-state index is 13.6. The number of benzene rings is 2. The van der Waals surface area contributed by atoms with E-state index in [4.69, 9.17) is 74.3 Å². The first-order chi connectivity index (χ1) is 13.9. The number of nitrogens with zero attached hydrogens (tertiary/aromatic N) is 1. The fourth-order valence-electron chi connectivity index (χ4n) is 2.70. The topological polar surface area (TPSA) is 22.1 Å². The van der Waals surface area contributed by atoms with Gasteiger partial charge in [-0.2, -0.15) is 13.2 Å². The molecule has 3 aromatic rings. The van der Waals surface area contributed by atoms with Gasteiger partial charge in [-0.25, -0.2) is 4.98 Å². The fraction of sp³-hybridized carbons (Fsp3) is 0.105. The number of ether oxygens (including phenoxy) is 1. The molecule has 1 heterocycles. The second-order valence-corrected chi connectivity index (χ2v) is 8.37. The standard InChI is InChI=1S/C19H8Cl6F3NO/c1-30-18-8(7-2-12(22)14(24)5-10(7)20)4-16(19(26,27)28)29-17(18)9-3-13(23)15(25)6-11(9)21/h2-6H,1H3. The Morgan fingerprint density at radius 3 is 1.63 bits per heavy atom. The number of alkyl halides is 3. The Balaban J connectivity index is 2.44. The van der Waals surface area contributed by atoms with Crippen molar-refractivity contribution >= 4 is 69.6 Å². The van der Waals surface area contributed by atoms with Crippen molar-refractivity contribution in [2.24, 2.45) is 0 Å². The smallest absolute Gasteiger partial charge is 0.433 e. The zero-order valence-corrected chi connectivity index (χ0v) is 19.2. The average Bonchev–Trinajstić information content (AvgIpc) is 2.65. The Labute approximate surface area is 199 Å². The van der Waals surface area contributed by atoms with Crippen LogP contribution in [0.5, 0.6) is 5.75 Å². The fourth-order valence-corrected chi connectivity index (χ4v) is 3.99. The van der Waals surface area contributed by atoms with E-state index < -0.39 is 11.9 Å². The van der Waals surface area contributed by atoms with Crippen molar-refractivity contribution in [3.05, 3.63) is 66.2 Å². The molecule has 0 aliphatic rings. The molecule has 0 spiro atoms. The summed E-state index contributed by atoms with van der Waals surface area (Å²) in [6.07, 6.45) is -4.78. The lowest BCUT2D eigenvalue weighted by molar-refractivity contribution is -0.141. The van der Waals surface area contributed by atoms with Crippen LogP contribution in [0, 0.1) is 0 Å². The molecule has 158 valence electrons. The van der Waals surface area contributed by atoms with Gasteiger partial charge in [0.1, 0.15) is 11.4 Å². The molecule has 0 amide bonds. The van der Waals surface area contributed by atoms with Crippen LogP contribution in [0.4, 0.5) is 13.2 Å². The zero-order chi connectivity index (χ0) is 22.4. The van der Waals surface area contributed by atoms with Gasteiger partial charge in [0.2, 0.25) is 0 Å². The summed E-state index contributed by atoms with van der Waals surface area (Å²) >= 11 is 36.5. The minimum atomic E-state index is -4.78. The van der Waals surface area contributed by atoms with Crippen LogP contribution in [-0.4, -0.2) is 12.1 Å². The van der Waals surface area contributed by atoms with E-state index in [1.54, 1.807) is 0 Å². The summed E-state index contributed by atoms with van der Waals surface area (Å²) in [4.78, 5) is 3.73. The minimum absolute atomic E-state index is 0.0134. The van der Waals surface area contributed by atoms with Gasteiger partial charge < -0.3 is 4.74 Å². The molecule has 1 aromatic heterocycles. The van der Waals surface area contributed by atoms with Crippen molar-refractivity contribution in [1.29, 1.82) is 0 Å². The van der Waals surface area contributed by atoms with Crippen LogP contribution in [0.2, 0.25) is 30.1 Å². The number of hydrogen-bond acceptors (Lipinski definition) is 2. The minimum Gasteiger partial charge on any atom is -0.494 e. The number of pyridine rings is 1. The van der Waals surface area contributed by atoms with Gasteiger partial charge in [0.25, 0.3) is 0 Å². The summed E-state index contributed by atoms with van der Waals surface area (Å²) < 4.78 is 46.3. The SMILES string of the molecule is COc1c(-c2cc(Cl)c(Cl)cc2Cl)cc(C(F)(F)F)nc1-c1cc(Cl)c(Cl)cc1Cl. The monoisotopic (exact) mass is 533 g/mol. The van der Waals surface area contributed by atoms with E-state index in [-0.39, 0.29) is 58.3 Å². The summed E-state index contributed by atoms with van der Waals surface area (Å²) in [6, 6.07) is 6.06. The lowest BCUT2D eigenvalue weighted by Gasteiger charge is -2.19. The Morgan fingerprint density at radius 1 is 0.667 bits per heavy atom. The van der Waals surface area contributed by atoms with Crippen LogP contribution in [0.15, 0.2) is 30.3 Å². The van der Waals surface area contributed by atoms with E-state index in [0.29, 0.717) is 0 Å². The molecule has 0 saturated heterocycles. The molecular formula is C19H8Cl6F3NO. The van der Waals surface area contributed by atoms with Crippen LogP contribution >= 0.6 is 69.6 Å². The summed E-state index contributed by atoms with van der Waals surface area (Å²) in [6.45, 7) is 0. The maximum Gasteiger partial charge on any atom is 0.433 e. The first-order valence-electron chi connectivity index (χ1n) is 7.90. The van der Waals surface area contributed by atoms with Gasteiger partial charge in [0.05, 0.1) is 37.2 Å². The molecule has 0 saturated carbocycles. The molecule has 0 aliphatic carbocycles. The molecule has 0 aliphatic heterocycles. The molecule has 0 fully saturated rings. The number of rotatable bonds is 3. The van der Waals surface area contributed by atoms with E-state index >= 15 is 0 Å². The molecule has 0 bridgehead atoms. The molecule has 3 rings (SSSR count). The predicted molar refractivity (Wildman–Crippen MR) is 117 cm³/mol. The van der Waals surface area contributed by atoms with E-state index in [1.807, 2.05) is 0 Å². The third-order valence-electron chi connectivity index (χ3n) is 4.03. The van der Waals surface area contributed by atoms with Crippen LogP contribution in [0.3, 0.4) is 0 Å². The molecule has 2 aromatic carbocycles. The molecular weight excluding hydrogens is 528 g/mol. The van der Waals surface area contributed by atoms with Crippen molar-refractivity contribution in [3.63, 3.8) is 0 Å². The lowest BCUT2D eigenvalue weighted by atomic mass is 10.00. The largest absolute Gasteiger partial charge is 0.494 e. The van der Waals surface area contributed by atoms with E-state index in [1.165, 1.54) is 31.4 Å². The normalized spacial score (nSPS) is 11.7. The lowest BCUT2D eigenvalue weighted by Crippen LogP contribution is -2.10. The van der Waals surface area contributed by atoms with Gasteiger partial charge in [-0.1, -0.05) is 69.6 Å². The molecule has 0 radical (unpaired) electrons. The van der Waals surface area contributed by atoms with Gasteiger partial charge in [-0.3, -0.25) is 0 Å². The van der Waals surface area contributed by atoms with Crippen LogP contribution in [-0.2, 0) is 6.18 Å². The summed E-state index contributed by atoms with van der Waals surface area (Å²) in [5.41, 5.74) is -1.16. The van der Waals surface area contributed by atoms with Gasteiger partial charge in [-0.05, 0) is 30.3 Å². The molecule has 11 heteroatoms. The van der Waals surface area contributed by atoms with Crippen LogP contribution in [0.25, 0.3) is 22.4 Å². The second-order valence-electron chi connectivity index (χ2n) is 5.93. The van der Waals surface area contributed by atoms with Gasteiger partial charge in [0.15, 0.2) is 5.75 Å². The van der Waals surface area contributed by atoms with Crippen molar-refractivity contribution in [1.82, 2.24) is 4.98 Å². The molecule has 0 N–H and O–H groups in total. The molecule has 2 nitrogen and oxygen atoms in total. The van der Waals surface area contributed by atoms with Crippen molar-refractivity contribution in [3.8, 4) is 28.1 Å². The van der Waals surface area contributed by atoms with Crippen molar-refractivity contribution < 1.29 is 17.9 Å². The Morgan fingerprint density at radius 2 is 1.13 bits per heavy atom. The van der Waals surface area contributed by atoms with Crippen molar-refractivity contribution in [2.75, 3.05) is 7.11 Å². The van der Waals surface area contributed by atoms with Gasteiger partial charge >= 0.3 is 6.18 Å². The Kier molecular flexibility index (Phi) is 6.93. The highest BCUT2D eigenvalue weighted by molar-refractivity contribution is 6.44. The number of aromatic nitrogens is 1. The summed E-state index contributed by atoms with van der Waals surface area (Å²) in [7, 11) is 1.27. The molecule has 0 unspecified atom stereocenters. The van der Waals surface area contributed by atoms with E-state index in [0.717, 1.165) is 6.07 Å². The Hall–Kier alpha value is -1.08. The predicted octanol–water partition coefficient (Wildman–Crippen LogP) is 9.36. The third kappa shape index (κ3) is 4.57. The van der Waals surface area contributed by atoms with Gasteiger partial charge in [-0.15, -0.1) is 0 Å². The van der Waals surface area contributed by atoms with Crippen molar-refractivity contribution in [2.45, 2.75) is 6.18 Å². The van der Waals surface area contributed by atoms with E-state index in [9.17, 15) is 13.2 Å². The highest BCUT2D eigenvalue weighted by Gasteiger charge is 2.35. The quantitative estimate of drug-likeness (QED) is 0.312. The maximum absolute atomic E-state index is 13.6. The van der Waals surface area contributed by atoms with Crippen LogP contribution < -0.4 is 4.74 Å². The number of hydrogen-bond donors (Lipinski definition) is 0. The molecule has 0 atom stereocenters. The third-order valence-corrected chi connectivity index (χ3v) is 6.10. The summed E-state index contributed by atoms with van der Waals surface area (Å²) in [5, 5.41) is 0.532. The first kappa shape index (κ1) is 23.6. The number of methoxy groups -OCH3 is 1. The first-order valence-corrected chi connectivity index (χ1v) is 10.2. The number of halogens is 9. The molecule has 30 heavy (non-hydrogen) atoms. The van der Waals surface area contributed by atoms with E-state index in [2.05, 4.69) is 4.98 Å². The highest BCUT2D eigenvalue weighted by Crippen LogP contribution is 2.47.